The Morgan fingerprint density at radius 3 is 2.54 bits per heavy atom. The molecule has 1 saturated carbocycles. The molecular formula is C7H14N6. The van der Waals surface area contributed by atoms with Crippen molar-refractivity contribution in [2.75, 3.05) is 11.6 Å². The van der Waals surface area contributed by atoms with Crippen LogP contribution in [0.2, 0.25) is 0 Å². The molecule has 0 amide bonds. The van der Waals surface area contributed by atoms with Crippen LogP contribution in [0.4, 0.5) is 5.95 Å². The summed E-state index contributed by atoms with van der Waals surface area (Å²) in [5, 5.41) is 7.65. The van der Waals surface area contributed by atoms with Gasteiger partial charge in [-0.3, -0.25) is 0 Å². The molecule has 0 spiro atoms. The molecule has 1 heterocycles. The number of rotatable bonds is 1. The summed E-state index contributed by atoms with van der Waals surface area (Å²) < 4.78 is 1.35. The molecule has 0 bridgehead atoms. The van der Waals surface area contributed by atoms with E-state index in [-0.39, 0.29) is 12.0 Å². The van der Waals surface area contributed by atoms with Crippen molar-refractivity contribution in [3.63, 3.8) is 0 Å². The summed E-state index contributed by atoms with van der Waals surface area (Å²) in [6.45, 7) is 0. The monoisotopic (exact) mass is 182 g/mol. The Kier molecular flexibility index (Phi) is 1.84. The third-order valence-corrected chi connectivity index (χ3v) is 2.59. The first-order valence-electron chi connectivity index (χ1n) is 4.40. The number of nitrogen functional groups attached to an aromatic ring is 2. The number of hydrogen-bond donors (Lipinski definition) is 3. The average Bonchev–Trinajstić information content (AvgIpc) is 2.62. The highest BCUT2D eigenvalue weighted by atomic mass is 15.4. The van der Waals surface area contributed by atoms with Gasteiger partial charge in [0.25, 0.3) is 0 Å². The summed E-state index contributed by atoms with van der Waals surface area (Å²) in [6, 6.07) is 0.267. The minimum atomic E-state index is 0.260. The number of aromatic nitrogens is 3. The van der Waals surface area contributed by atoms with Crippen LogP contribution in [-0.2, 0) is 0 Å². The van der Waals surface area contributed by atoms with Crippen LogP contribution in [0.3, 0.4) is 0 Å². The second-order valence-corrected chi connectivity index (χ2v) is 3.56. The lowest BCUT2D eigenvalue weighted by molar-refractivity contribution is 0.625. The maximum Gasteiger partial charge on any atom is 0.240 e. The molecule has 0 radical (unpaired) electrons. The fraction of sp³-hybridized carbons (Fsp3) is 0.714. The van der Waals surface area contributed by atoms with E-state index in [2.05, 4.69) is 10.2 Å². The third-order valence-electron chi connectivity index (χ3n) is 2.59. The molecule has 2 atom stereocenters. The first-order valence-corrected chi connectivity index (χ1v) is 4.40. The zero-order valence-electron chi connectivity index (χ0n) is 7.35. The van der Waals surface area contributed by atoms with Crippen LogP contribution in [0, 0.1) is 0 Å². The van der Waals surface area contributed by atoms with Gasteiger partial charge in [0.05, 0.1) is 0 Å². The standard InChI is InChI=1S/C7H14N6/c8-5-2-1-4(3-5)6-11-12-7(9)13(6)10/h4-5H,1-3,8,10H2,(H2,9,12)/t4-,5+/m1/s1. The average molecular weight is 182 g/mol. The highest BCUT2D eigenvalue weighted by molar-refractivity contribution is 5.19. The van der Waals surface area contributed by atoms with Crippen LogP contribution in [-0.4, -0.2) is 20.9 Å². The Balaban J connectivity index is 2.21. The van der Waals surface area contributed by atoms with E-state index in [1.165, 1.54) is 4.68 Å². The maximum absolute atomic E-state index is 5.79. The van der Waals surface area contributed by atoms with Crippen molar-refractivity contribution in [2.24, 2.45) is 5.73 Å². The molecule has 1 aliphatic carbocycles. The van der Waals surface area contributed by atoms with Crippen LogP contribution in [0.1, 0.15) is 31.0 Å². The van der Waals surface area contributed by atoms with E-state index in [1.807, 2.05) is 0 Å². The molecule has 2 rings (SSSR count). The van der Waals surface area contributed by atoms with Gasteiger partial charge in [-0.15, -0.1) is 10.2 Å². The van der Waals surface area contributed by atoms with E-state index in [4.69, 9.17) is 17.3 Å². The van der Waals surface area contributed by atoms with Gasteiger partial charge in [0, 0.05) is 12.0 Å². The van der Waals surface area contributed by atoms with Crippen molar-refractivity contribution < 1.29 is 0 Å². The fourth-order valence-electron chi connectivity index (χ4n) is 1.85. The van der Waals surface area contributed by atoms with Gasteiger partial charge in [-0.1, -0.05) is 0 Å². The molecule has 0 saturated heterocycles. The topological polar surface area (TPSA) is 109 Å². The molecule has 1 aliphatic rings. The summed E-state index contributed by atoms with van der Waals surface area (Å²) >= 11 is 0. The van der Waals surface area contributed by atoms with Gasteiger partial charge in [0.1, 0.15) is 0 Å². The van der Waals surface area contributed by atoms with Gasteiger partial charge < -0.3 is 17.3 Å². The molecule has 0 unspecified atom stereocenters. The van der Waals surface area contributed by atoms with Crippen LogP contribution in [0.25, 0.3) is 0 Å². The third kappa shape index (κ3) is 1.33. The van der Waals surface area contributed by atoms with Crippen LogP contribution in [0.5, 0.6) is 0 Å². The van der Waals surface area contributed by atoms with E-state index < -0.39 is 0 Å². The van der Waals surface area contributed by atoms with Crippen molar-refractivity contribution in [3.05, 3.63) is 5.82 Å². The van der Waals surface area contributed by atoms with Gasteiger partial charge in [-0.25, -0.2) is 4.68 Å². The van der Waals surface area contributed by atoms with Crippen molar-refractivity contribution >= 4 is 5.95 Å². The van der Waals surface area contributed by atoms with E-state index in [1.54, 1.807) is 0 Å². The smallest absolute Gasteiger partial charge is 0.240 e. The predicted octanol–water partition coefficient (Wildman–Crippen LogP) is -0.831. The molecule has 1 fully saturated rings. The number of anilines is 1. The number of hydrogen-bond acceptors (Lipinski definition) is 5. The van der Waals surface area contributed by atoms with Crippen molar-refractivity contribution in [1.82, 2.24) is 14.9 Å². The van der Waals surface area contributed by atoms with Gasteiger partial charge in [-0.05, 0) is 19.3 Å². The normalized spacial score (nSPS) is 28.1. The lowest BCUT2D eigenvalue weighted by Gasteiger charge is -2.07. The molecular weight excluding hydrogens is 168 g/mol. The van der Waals surface area contributed by atoms with Gasteiger partial charge in [-0.2, -0.15) is 0 Å². The summed E-state index contributed by atoms with van der Waals surface area (Å²) in [5.41, 5.74) is 11.3. The second-order valence-electron chi connectivity index (χ2n) is 3.56. The van der Waals surface area contributed by atoms with Crippen LogP contribution < -0.4 is 17.3 Å². The molecule has 72 valence electrons. The zero-order valence-corrected chi connectivity index (χ0v) is 7.35. The minimum absolute atomic E-state index is 0.260. The largest absolute Gasteiger partial charge is 0.366 e. The lowest BCUT2D eigenvalue weighted by Crippen LogP contribution is -2.19. The highest BCUT2D eigenvalue weighted by Crippen LogP contribution is 2.32. The first-order chi connectivity index (χ1) is 6.18. The Bertz CT molecular complexity index is 306. The van der Waals surface area contributed by atoms with E-state index >= 15 is 0 Å². The zero-order chi connectivity index (χ0) is 9.42. The summed E-state index contributed by atoms with van der Waals surface area (Å²) in [5.74, 6) is 6.99. The maximum atomic E-state index is 5.79. The number of nitrogens with two attached hydrogens (primary N) is 3. The molecule has 6 heteroatoms. The van der Waals surface area contributed by atoms with E-state index in [9.17, 15) is 0 Å². The molecule has 6 nitrogen and oxygen atoms in total. The summed E-state index contributed by atoms with van der Waals surface area (Å²) in [7, 11) is 0. The molecule has 13 heavy (non-hydrogen) atoms. The van der Waals surface area contributed by atoms with Gasteiger partial charge in [0.15, 0.2) is 5.82 Å². The van der Waals surface area contributed by atoms with Crippen molar-refractivity contribution in [3.8, 4) is 0 Å². The Morgan fingerprint density at radius 2 is 2.08 bits per heavy atom. The quantitative estimate of drug-likeness (QED) is 0.491. The van der Waals surface area contributed by atoms with E-state index in [0.717, 1.165) is 25.1 Å². The Hall–Kier alpha value is -1.30. The van der Waals surface area contributed by atoms with Crippen LogP contribution in [0.15, 0.2) is 0 Å². The molecule has 0 aromatic carbocycles. The van der Waals surface area contributed by atoms with E-state index in [0.29, 0.717) is 5.92 Å². The number of nitrogens with zero attached hydrogens (tertiary/aromatic N) is 3. The van der Waals surface area contributed by atoms with Gasteiger partial charge in [0.2, 0.25) is 5.95 Å². The minimum Gasteiger partial charge on any atom is -0.366 e. The molecule has 1 aromatic heterocycles. The summed E-state index contributed by atoms with van der Waals surface area (Å²) in [4.78, 5) is 0. The first kappa shape index (κ1) is 8.31. The second kappa shape index (κ2) is 2.88. The molecule has 6 N–H and O–H groups in total. The summed E-state index contributed by atoms with van der Waals surface area (Å²) in [6.07, 6.45) is 2.98. The molecule has 1 aromatic rings. The predicted molar refractivity (Wildman–Crippen MR) is 49.2 cm³/mol. The molecule has 0 aliphatic heterocycles. The fourth-order valence-corrected chi connectivity index (χ4v) is 1.85. The van der Waals surface area contributed by atoms with Crippen LogP contribution >= 0.6 is 0 Å². The van der Waals surface area contributed by atoms with Crippen molar-refractivity contribution in [2.45, 2.75) is 31.2 Å². The van der Waals surface area contributed by atoms with Gasteiger partial charge >= 0.3 is 0 Å². The lowest BCUT2D eigenvalue weighted by atomic mass is 10.1. The Morgan fingerprint density at radius 1 is 1.31 bits per heavy atom. The SMILES string of the molecule is Nc1nnc([C@@H]2CC[C@H](N)C2)n1N. The highest BCUT2D eigenvalue weighted by Gasteiger charge is 2.27. The Labute approximate surface area is 76.1 Å². The van der Waals surface area contributed by atoms with Crippen molar-refractivity contribution in [1.29, 1.82) is 0 Å².